The number of rotatable bonds is 4. The smallest absolute Gasteiger partial charge is 0.145 e. The molecule has 0 saturated heterocycles. The van der Waals surface area contributed by atoms with Crippen molar-refractivity contribution in [2.45, 2.75) is 19.5 Å². The van der Waals surface area contributed by atoms with Crippen LogP contribution in [0.3, 0.4) is 0 Å². The minimum Gasteiger partial charge on any atom is -0.360 e. The minimum atomic E-state index is -0.193. The lowest BCUT2D eigenvalue weighted by molar-refractivity contribution is 0.663. The second-order valence-electron chi connectivity index (χ2n) is 12.1. The van der Waals surface area contributed by atoms with Crippen LogP contribution in [0.4, 0.5) is 0 Å². The lowest BCUT2D eigenvalue weighted by atomic mass is 9.94. The van der Waals surface area contributed by atoms with Crippen molar-refractivity contribution in [3.63, 3.8) is 0 Å². The van der Waals surface area contributed by atoms with E-state index in [0.29, 0.717) is 5.92 Å². The van der Waals surface area contributed by atoms with E-state index in [-0.39, 0.29) is 6.17 Å². The number of allylic oxidation sites excluding steroid dienone is 2. The van der Waals surface area contributed by atoms with E-state index in [1.807, 2.05) is 11.3 Å². The third kappa shape index (κ3) is 4.36. The number of aromatic nitrogens is 1. The number of hydrogen-bond donors (Lipinski definition) is 1. The molecule has 2 atom stereocenters. The highest BCUT2D eigenvalue weighted by atomic mass is 32.1. The predicted octanol–water partition coefficient (Wildman–Crippen LogP) is 10.3. The number of nitrogens with one attached hydrogen (secondary N) is 1. The zero-order valence-electron chi connectivity index (χ0n) is 24.9. The quantitative estimate of drug-likeness (QED) is 0.215. The van der Waals surface area contributed by atoms with Gasteiger partial charge in [0.15, 0.2) is 0 Å². The highest BCUT2D eigenvalue weighted by molar-refractivity contribution is 7.26. The summed E-state index contributed by atoms with van der Waals surface area (Å²) < 4.78 is 5.23. The summed E-state index contributed by atoms with van der Waals surface area (Å²) >= 11 is 1.91. The van der Waals surface area contributed by atoms with Crippen molar-refractivity contribution in [2.75, 3.05) is 0 Å². The Kier molecular flexibility index (Phi) is 6.10. The molecule has 216 valence electrons. The van der Waals surface area contributed by atoms with Crippen LogP contribution >= 0.6 is 11.3 Å². The summed E-state index contributed by atoms with van der Waals surface area (Å²) in [4.78, 5) is 5.20. The Morgan fingerprint density at radius 2 is 1.44 bits per heavy atom. The van der Waals surface area contributed by atoms with E-state index in [4.69, 9.17) is 4.99 Å². The minimum absolute atomic E-state index is 0.193. The Hall–Kier alpha value is -5.19. The van der Waals surface area contributed by atoms with Crippen molar-refractivity contribution in [3.05, 3.63) is 161 Å². The zero-order chi connectivity index (χ0) is 29.9. The molecule has 0 fully saturated rings. The maximum atomic E-state index is 5.20. The molecule has 3 nitrogen and oxygen atoms in total. The molecule has 7 aromatic rings. The van der Waals surface area contributed by atoms with Gasteiger partial charge in [-0.2, -0.15) is 0 Å². The molecule has 2 unspecified atom stereocenters. The van der Waals surface area contributed by atoms with Crippen molar-refractivity contribution < 1.29 is 0 Å². The molecule has 1 N–H and O–H groups in total. The van der Waals surface area contributed by atoms with E-state index >= 15 is 0 Å². The van der Waals surface area contributed by atoms with Crippen LogP contribution in [0.2, 0.25) is 0 Å². The molecule has 0 bridgehead atoms. The number of hydrogen-bond acceptors (Lipinski definition) is 3. The summed E-state index contributed by atoms with van der Waals surface area (Å²) in [5.41, 5.74) is 10.7. The Bertz CT molecular complexity index is 2320. The summed E-state index contributed by atoms with van der Waals surface area (Å²) in [6, 6.07) is 43.5. The van der Waals surface area contributed by atoms with Crippen LogP contribution in [0.15, 0.2) is 138 Å². The second kappa shape index (κ2) is 10.5. The SMILES string of the molecule is CC1C=Cc2c(n(-c3ccc(C4N=C(c5ccccc5)C=C(c5ccccc5)N4)cc3)c3c2ccc2c4ccccc4sc23)C1. The number of aliphatic imine (C=N–C) groups is 1. The van der Waals surface area contributed by atoms with Crippen LogP contribution in [0.5, 0.6) is 0 Å². The molecular formula is C41H31N3S. The second-order valence-corrected chi connectivity index (χ2v) is 13.2. The lowest BCUT2D eigenvalue weighted by Gasteiger charge is -2.25. The number of nitrogens with zero attached hydrogens (tertiary/aromatic N) is 2. The fourth-order valence-electron chi connectivity index (χ4n) is 6.98. The van der Waals surface area contributed by atoms with E-state index in [0.717, 1.165) is 34.5 Å². The monoisotopic (exact) mass is 597 g/mol. The van der Waals surface area contributed by atoms with Crippen LogP contribution in [0.1, 0.15) is 41.0 Å². The molecule has 2 aliphatic rings. The van der Waals surface area contributed by atoms with Gasteiger partial charge in [0.05, 0.1) is 15.9 Å². The molecular weight excluding hydrogens is 567 g/mol. The first-order valence-corrected chi connectivity index (χ1v) is 16.5. The van der Waals surface area contributed by atoms with Gasteiger partial charge in [-0.25, -0.2) is 0 Å². The van der Waals surface area contributed by atoms with Gasteiger partial charge in [0.25, 0.3) is 0 Å². The fraction of sp³-hybridized carbons (Fsp3) is 0.0976. The fourth-order valence-corrected chi connectivity index (χ4v) is 8.22. The van der Waals surface area contributed by atoms with Gasteiger partial charge in [-0.3, -0.25) is 4.99 Å². The molecule has 9 rings (SSSR count). The van der Waals surface area contributed by atoms with Crippen LogP contribution in [-0.4, -0.2) is 10.3 Å². The Balaban J connectivity index is 1.18. The van der Waals surface area contributed by atoms with Crippen LogP contribution < -0.4 is 5.32 Å². The molecule has 2 aromatic heterocycles. The highest BCUT2D eigenvalue weighted by Gasteiger charge is 2.25. The van der Waals surface area contributed by atoms with Crippen LogP contribution in [0, 0.1) is 5.92 Å². The van der Waals surface area contributed by atoms with Gasteiger partial charge < -0.3 is 9.88 Å². The zero-order valence-corrected chi connectivity index (χ0v) is 25.8. The molecule has 45 heavy (non-hydrogen) atoms. The van der Waals surface area contributed by atoms with Gasteiger partial charge in [0.2, 0.25) is 0 Å². The Labute approximate surface area is 266 Å². The van der Waals surface area contributed by atoms with E-state index < -0.39 is 0 Å². The molecule has 0 spiro atoms. The number of benzene rings is 5. The van der Waals surface area contributed by atoms with E-state index in [1.165, 1.54) is 48.0 Å². The molecule has 3 heterocycles. The van der Waals surface area contributed by atoms with Gasteiger partial charge in [-0.05, 0) is 53.3 Å². The molecule has 0 amide bonds. The van der Waals surface area contributed by atoms with Crippen molar-refractivity contribution in [1.29, 1.82) is 0 Å². The summed E-state index contributed by atoms with van der Waals surface area (Å²) in [7, 11) is 0. The predicted molar refractivity (Wildman–Crippen MR) is 191 cm³/mol. The first-order chi connectivity index (χ1) is 22.2. The molecule has 1 aliphatic carbocycles. The van der Waals surface area contributed by atoms with Gasteiger partial charge >= 0.3 is 0 Å². The first kappa shape index (κ1) is 26.2. The normalized spacial score (nSPS) is 17.7. The molecule has 0 radical (unpaired) electrons. The van der Waals surface area contributed by atoms with E-state index in [1.54, 1.807) is 0 Å². The van der Waals surface area contributed by atoms with Gasteiger partial charge in [-0.15, -0.1) is 11.3 Å². The number of fused-ring (bicyclic) bond motifs is 7. The van der Waals surface area contributed by atoms with Crippen molar-refractivity contribution >= 4 is 59.9 Å². The summed E-state index contributed by atoms with van der Waals surface area (Å²) in [5, 5.41) is 7.73. The van der Waals surface area contributed by atoms with Crippen LogP contribution in [-0.2, 0) is 6.42 Å². The number of thiophene rings is 1. The Morgan fingerprint density at radius 3 is 2.24 bits per heavy atom. The third-order valence-corrected chi connectivity index (χ3v) is 10.4. The first-order valence-electron chi connectivity index (χ1n) is 15.6. The lowest BCUT2D eigenvalue weighted by Crippen LogP contribution is -2.24. The largest absolute Gasteiger partial charge is 0.360 e. The Morgan fingerprint density at radius 1 is 0.733 bits per heavy atom. The summed E-state index contributed by atoms with van der Waals surface area (Å²) in [6.07, 6.45) is 7.70. The van der Waals surface area contributed by atoms with Crippen molar-refractivity contribution in [1.82, 2.24) is 9.88 Å². The maximum absolute atomic E-state index is 5.20. The highest BCUT2D eigenvalue weighted by Crippen LogP contribution is 2.44. The third-order valence-electron chi connectivity index (χ3n) is 9.18. The van der Waals surface area contributed by atoms with Gasteiger partial charge in [0.1, 0.15) is 6.17 Å². The van der Waals surface area contributed by atoms with Gasteiger partial charge in [-0.1, -0.05) is 122 Å². The molecule has 1 aliphatic heterocycles. The van der Waals surface area contributed by atoms with E-state index in [2.05, 4.69) is 156 Å². The molecule has 4 heteroatoms. The topological polar surface area (TPSA) is 29.3 Å². The van der Waals surface area contributed by atoms with Crippen LogP contribution in [0.25, 0.3) is 48.5 Å². The van der Waals surface area contributed by atoms with Gasteiger partial charge in [0, 0.05) is 43.5 Å². The summed E-state index contributed by atoms with van der Waals surface area (Å²) in [6.45, 7) is 2.31. The van der Waals surface area contributed by atoms with Crippen molar-refractivity contribution in [2.24, 2.45) is 10.9 Å². The van der Waals surface area contributed by atoms with E-state index in [9.17, 15) is 0 Å². The summed E-state index contributed by atoms with van der Waals surface area (Å²) in [5.74, 6) is 0.498. The average molecular weight is 598 g/mol. The molecule has 0 saturated carbocycles. The van der Waals surface area contributed by atoms with Crippen molar-refractivity contribution in [3.8, 4) is 5.69 Å². The maximum Gasteiger partial charge on any atom is 0.145 e. The average Bonchev–Trinajstić information content (AvgIpc) is 3.64. The molecule has 5 aromatic carbocycles. The standard InChI is InChI=1S/C41H31N3S/c1-26-16-21-31-33-22-23-34-32-14-8-9-15-38(32)45-40(34)39(33)44(37(31)24-26)30-19-17-29(18-20-30)41-42-35(27-10-4-2-5-11-27)25-36(43-41)28-12-6-3-7-13-28/h2-23,25-26,41-42H,24H2,1H3.